The molecule has 2 nitrogen and oxygen atoms in total. The van der Waals surface area contributed by atoms with E-state index in [1.807, 2.05) is 0 Å². The Bertz CT molecular complexity index is 253. The maximum atomic E-state index is 2.44. The molecule has 0 atom stereocenters. The lowest BCUT2D eigenvalue weighted by Crippen LogP contribution is -2.41. The lowest BCUT2D eigenvalue weighted by atomic mass is 10.1. The molecule has 0 fully saturated rings. The van der Waals surface area contributed by atoms with E-state index >= 15 is 0 Å². The fourth-order valence-corrected chi connectivity index (χ4v) is 3.81. The number of quaternary nitrogens is 1. The van der Waals surface area contributed by atoms with Gasteiger partial charge in [-0.25, -0.2) is 0 Å². The molecule has 160 valence electrons. The van der Waals surface area contributed by atoms with Crippen molar-refractivity contribution in [3.05, 3.63) is 0 Å². The zero-order valence-corrected chi connectivity index (χ0v) is 19.0. The standard InChI is InChI=1S/C24H52N.H2O/c1-5-7-9-11-13-15-16-18-20-22-24-25(3,4)23-21-19-17-14-12-10-8-6-2;/h5-24H2,1-4H3;1H2/q+1;/p-1. The summed E-state index contributed by atoms with van der Waals surface area (Å²) in [5.41, 5.74) is 0. The lowest BCUT2D eigenvalue weighted by molar-refractivity contribution is -0.890. The Hall–Kier alpha value is -0.0800. The number of hydrogen-bond donors (Lipinski definition) is 0. The summed E-state index contributed by atoms with van der Waals surface area (Å²) in [6.45, 7) is 7.36. The summed E-state index contributed by atoms with van der Waals surface area (Å²) in [4.78, 5) is 0. The van der Waals surface area contributed by atoms with Crippen LogP contribution in [0.5, 0.6) is 0 Å². The van der Waals surface area contributed by atoms with Crippen molar-refractivity contribution >= 4 is 0 Å². The Morgan fingerprint density at radius 2 is 0.615 bits per heavy atom. The van der Waals surface area contributed by atoms with E-state index in [4.69, 9.17) is 0 Å². The van der Waals surface area contributed by atoms with Crippen LogP contribution in [0.3, 0.4) is 0 Å². The van der Waals surface area contributed by atoms with Gasteiger partial charge in [-0.2, -0.15) is 0 Å². The third kappa shape index (κ3) is 22.0. The first-order valence-corrected chi connectivity index (χ1v) is 11.9. The number of unbranched alkanes of at least 4 members (excludes halogenated alkanes) is 16. The van der Waals surface area contributed by atoms with Crippen molar-refractivity contribution in [3.8, 4) is 0 Å². The fourth-order valence-electron chi connectivity index (χ4n) is 3.81. The molecule has 0 aliphatic carbocycles. The lowest BCUT2D eigenvalue weighted by Gasteiger charge is -2.30. The van der Waals surface area contributed by atoms with E-state index in [9.17, 15) is 0 Å². The quantitative estimate of drug-likeness (QED) is 0.158. The summed E-state index contributed by atoms with van der Waals surface area (Å²) in [6.07, 6.45) is 26.0. The Kier molecular flexibility index (Phi) is 23.0. The number of hydrogen-bond acceptors (Lipinski definition) is 1. The molecule has 0 aromatic carbocycles. The second-order valence-electron chi connectivity index (χ2n) is 9.04. The summed E-state index contributed by atoms with van der Waals surface area (Å²) >= 11 is 0. The third-order valence-electron chi connectivity index (χ3n) is 5.73. The Morgan fingerprint density at radius 1 is 0.385 bits per heavy atom. The van der Waals surface area contributed by atoms with Crippen molar-refractivity contribution in [2.75, 3.05) is 27.2 Å². The predicted molar refractivity (Wildman–Crippen MR) is 118 cm³/mol. The van der Waals surface area contributed by atoms with E-state index in [1.165, 1.54) is 133 Å². The summed E-state index contributed by atoms with van der Waals surface area (Å²) < 4.78 is 1.24. The second-order valence-corrected chi connectivity index (χ2v) is 9.04. The Balaban J connectivity index is 0. The van der Waals surface area contributed by atoms with E-state index in [0.29, 0.717) is 0 Å². The van der Waals surface area contributed by atoms with E-state index in [1.54, 1.807) is 0 Å². The van der Waals surface area contributed by atoms with Crippen LogP contribution in [-0.4, -0.2) is 37.1 Å². The van der Waals surface area contributed by atoms with Crippen LogP contribution in [0.4, 0.5) is 0 Å². The monoisotopic (exact) mass is 371 g/mol. The summed E-state index contributed by atoms with van der Waals surface area (Å²) in [6, 6.07) is 0. The van der Waals surface area contributed by atoms with Crippen LogP contribution < -0.4 is 0 Å². The molecule has 0 rings (SSSR count). The van der Waals surface area contributed by atoms with Gasteiger partial charge in [-0.1, -0.05) is 104 Å². The van der Waals surface area contributed by atoms with Crippen LogP contribution in [0.25, 0.3) is 0 Å². The van der Waals surface area contributed by atoms with Gasteiger partial charge in [0.15, 0.2) is 0 Å². The van der Waals surface area contributed by atoms with Gasteiger partial charge in [-0.3, -0.25) is 0 Å². The first-order chi connectivity index (χ1) is 12.1. The molecule has 26 heavy (non-hydrogen) atoms. The van der Waals surface area contributed by atoms with Crippen LogP contribution in [0.2, 0.25) is 0 Å². The van der Waals surface area contributed by atoms with Crippen molar-refractivity contribution in [2.45, 2.75) is 129 Å². The molecule has 0 aromatic heterocycles. The highest BCUT2D eigenvalue weighted by atomic mass is 16.0. The average molecular weight is 372 g/mol. The minimum absolute atomic E-state index is 0. The Labute approximate surface area is 167 Å². The van der Waals surface area contributed by atoms with E-state index in [-0.39, 0.29) is 5.48 Å². The smallest absolute Gasteiger partial charge is 0.0782 e. The van der Waals surface area contributed by atoms with Crippen LogP contribution in [0, 0.1) is 0 Å². The maximum absolute atomic E-state index is 2.44. The molecule has 0 aliphatic heterocycles. The number of nitrogens with zero attached hydrogens (tertiary/aromatic N) is 1. The maximum Gasteiger partial charge on any atom is 0.0782 e. The van der Waals surface area contributed by atoms with Crippen LogP contribution in [0.15, 0.2) is 0 Å². The predicted octanol–water partition coefficient (Wildman–Crippen LogP) is 7.95. The molecule has 0 aliphatic rings. The van der Waals surface area contributed by atoms with E-state index in [0.717, 1.165) is 0 Å². The molecule has 0 radical (unpaired) electrons. The van der Waals surface area contributed by atoms with Gasteiger partial charge in [0.2, 0.25) is 0 Å². The summed E-state index contributed by atoms with van der Waals surface area (Å²) in [5, 5.41) is 0. The van der Waals surface area contributed by atoms with Crippen LogP contribution in [-0.2, 0) is 0 Å². The molecule has 0 amide bonds. The molecule has 0 spiro atoms. The van der Waals surface area contributed by atoms with Gasteiger partial charge >= 0.3 is 0 Å². The highest BCUT2D eigenvalue weighted by molar-refractivity contribution is 4.49. The molecule has 2 heteroatoms. The van der Waals surface area contributed by atoms with Gasteiger partial charge in [0, 0.05) is 0 Å². The minimum atomic E-state index is 0. The average Bonchev–Trinajstić information content (AvgIpc) is 2.59. The summed E-state index contributed by atoms with van der Waals surface area (Å²) in [5.74, 6) is 0. The largest absolute Gasteiger partial charge is 0.870 e. The van der Waals surface area contributed by atoms with Gasteiger partial charge < -0.3 is 9.96 Å². The second kappa shape index (κ2) is 21.2. The first-order valence-electron chi connectivity index (χ1n) is 11.9. The van der Waals surface area contributed by atoms with Crippen LogP contribution >= 0.6 is 0 Å². The highest BCUT2D eigenvalue weighted by Crippen LogP contribution is 2.13. The normalized spacial score (nSPS) is 11.5. The van der Waals surface area contributed by atoms with Crippen LogP contribution in [0.1, 0.15) is 129 Å². The molecule has 0 heterocycles. The van der Waals surface area contributed by atoms with Gasteiger partial charge in [0.05, 0.1) is 27.2 Å². The minimum Gasteiger partial charge on any atom is -0.870 e. The number of rotatable bonds is 20. The van der Waals surface area contributed by atoms with Crippen molar-refractivity contribution in [3.63, 3.8) is 0 Å². The molecular weight excluding hydrogens is 318 g/mol. The highest BCUT2D eigenvalue weighted by Gasteiger charge is 2.13. The first kappa shape index (κ1) is 28.1. The molecule has 0 aromatic rings. The molecule has 0 unspecified atom stereocenters. The van der Waals surface area contributed by atoms with Gasteiger partial charge in [-0.15, -0.1) is 0 Å². The van der Waals surface area contributed by atoms with Crippen molar-refractivity contribution in [1.82, 2.24) is 0 Å². The topological polar surface area (TPSA) is 30.0 Å². The van der Waals surface area contributed by atoms with E-state index in [2.05, 4.69) is 27.9 Å². The van der Waals surface area contributed by atoms with Gasteiger partial charge in [0.1, 0.15) is 0 Å². The molecule has 0 bridgehead atoms. The zero-order valence-electron chi connectivity index (χ0n) is 19.0. The van der Waals surface area contributed by atoms with Crippen molar-refractivity contribution in [1.29, 1.82) is 0 Å². The molecule has 0 saturated heterocycles. The van der Waals surface area contributed by atoms with Gasteiger partial charge in [-0.05, 0) is 25.7 Å². The van der Waals surface area contributed by atoms with Crippen molar-refractivity contribution in [2.24, 2.45) is 0 Å². The molecular formula is C24H53NO. The van der Waals surface area contributed by atoms with Gasteiger partial charge in [0.25, 0.3) is 0 Å². The fraction of sp³-hybridized carbons (Fsp3) is 1.00. The van der Waals surface area contributed by atoms with Crippen molar-refractivity contribution < 1.29 is 9.96 Å². The molecule has 0 saturated carbocycles. The zero-order chi connectivity index (χ0) is 18.6. The Morgan fingerprint density at radius 3 is 0.885 bits per heavy atom. The summed E-state index contributed by atoms with van der Waals surface area (Å²) in [7, 11) is 4.88. The molecule has 1 N–H and O–H groups in total. The SMILES string of the molecule is CCCCCCCCCCCC[N+](C)(C)CCCCCCCCCC.[OH-]. The third-order valence-corrected chi connectivity index (χ3v) is 5.73. The van der Waals surface area contributed by atoms with E-state index < -0.39 is 0 Å².